The first-order valence-corrected chi connectivity index (χ1v) is 10.0. The molecule has 4 rings (SSSR count). The summed E-state index contributed by atoms with van der Waals surface area (Å²) in [6.07, 6.45) is 6.65. The monoisotopic (exact) mass is 371 g/mol. The highest BCUT2D eigenvalue weighted by molar-refractivity contribution is 5.58. The SMILES string of the molecule is COC1=CCC([C@@H]2Nc3ccc(C(C)(C)C)cc3[C@H]3OCCC[C@H]32)C=C1F. The minimum atomic E-state index is -0.252. The topological polar surface area (TPSA) is 30.5 Å². The van der Waals surface area contributed by atoms with E-state index in [9.17, 15) is 4.39 Å². The molecule has 27 heavy (non-hydrogen) atoms. The van der Waals surface area contributed by atoms with Gasteiger partial charge in [0.05, 0.1) is 13.2 Å². The lowest BCUT2D eigenvalue weighted by Crippen LogP contribution is -2.45. The van der Waals surface area contributed by atoms with Crippen LogP contribution in [0.25, 0.3) is 0 Å². The summed E-state index contributed by atoms with van der Waals surface area (Å²) >= 11 is 0. The number of hydrogen-bond donors (Lipinski definition) is 1. The molecular weight excluding hydrogens is 341 g/mol. The van der Waals surface area contributed by atoms with Crippen LogP contribution in [-0.4, -0.2) is 19.8 Å². The van der Waals surface area contributed by atoms with Gasteiger partial charge >= 0.3 is 0 Å². The highest BCUT2D eigenvalue weighted by Crippen LogP contribution is 2.48. The van der Waals surface area contributed by atoms with Gasteiger partial charge in [-0.2, -0.15) is 0 Å². The lowest BCUT2D eigenvalue weighted by Gasteiger charge is -2.46. The number of hydrogen-bond acceptors (Lipinski definition) is 3. The average molecular weight is 371 g/mol. The van der Waals surface area contributed by atoms with Crippen LogP contribution in [0.4, 0.5) is 10.1 Å². The zero-order chi connectivity index (χ0) is 19.2. The van der Waals surface area contributed by atoms with E-state index in [0.717, 1.165) is 31.6 Å². The third kappa shape index (κ3) is 3.40. The highest BCUT2D eigenvalue weighted by Gasteiger charge is 2.42. The molecule has 146 valence electrons. The second-order valence-corrected chi connectivity index (χ2v) is 9.01. The maximum Gasteiger partial charge on any atom is 0.161 e. The Bertz CT molecular complexity index is 777. The standard InChI is InChI=1S/C23H30FNO2/c1-23(2,3)15-8-9-19-17(13-15)22-16(6-5-11-27-22)21(25-19)14-7-10-20(26-4)18(24)12-14/h8-10,12-14,16,21-22,25H,5-7,11H2,1-4H3/t14?,16-,21-,22-/m0/s1. The number of benzene rings is 1. The van der Waals surface area contributed by atoms with Gasteiger partial charge in [0, 0.05) is 35.7 Å². The van der Waals surface area contributed by atoms with Gasteiger partial charge in [-0.15, -0.1) is 0 Å². The Morgan fingerprint density at radius 3 is 2.78 bits per heavy atom. The van der Waals surface area contributed by atoms with Crippen molar-refractivity contribution in [3.8, 4) is 0 Å². The fourth-order valence-corrected chi connectivity index (χ4v) is 4.71. The van der Waals surface area contributed by atoms with Gasteiger partial charge in [-0.1, -0.05) is 32.9 Å². The van der Waals surface area contributed by atoms with Crippen LogP contribution in [-0.2, 0) is 14.9 Å². The van der Waals surface area contributed by atoms with Crippen molar-refractivity contribution in [1.82, 2.24) is 0 Å². The summed E-state index contributed by atoms with van der Waals surface area (Å²) in [7, 11) is 1.52. The molecule has 2 aliphatic heterocycles. The summed E-state index contributed by atoms with van der Waals surface area (Å²) in [6.45, 7) is 7.52. The quantitative estimate of drug-likeness (QED) is 0.729. The van der Waals surface area contributed by atoms with E-state index in [1.807, 2.05) is 6.08 Å². The first kappa shape index (κ1) is 18.5. The Balaban J connectivity index is 1.68. The summed E-state index contributed by atoms with van der Waals surface area (Å²) in [6, 6.07) is 6.86. The van der Waals surface area contributed by atoms with Crippen LogP contribution in [0, 0.1) is 11.8 Å². The largest absolute Gasteiger partial charge is 0.494 e. The van der Waals surface area contributed by atoms with E-state index in [4.69, 9.17) is 9.47 Å². The van der Waals surface area contributed by atoms with E-state index < -0.39 is 0 Å². The average Bonchev–Trinajstić information content (AvgIpc) is 2.66. The number of allylic oxidation sites excluding steroid dienone is 2. The molecular formula is C23H30FNO2. The third-order valence-electron chi connectivity index (χ3n) is 6.23. The van der Waals surface area contributed by atoms with Crippen LogP contribution < -0.4 is 5.32 Å². The Morgan fingerprint density at radius 1 is 1.26 bits per heavy atom. The van der Waals surface area contributed by atoms with E-state index in [0.29, 0.717) is 11.7 Å². The smallest absolute Gasteiger partial charge is 0.161 e. The van der Waals surface area contributed by atoms with E-state index in [1.165, 1.54) is 18.2 Å². The van der Waals surface area contributed by atoms with E-state index >= 15 is 0 Å². The van der Waals surface area contributed by atoms with Gasteiger partial charge in [-0.05, 0) is 48.5 Å². The Morgan fingerprint density at radius 2 is 2.07 bits per heavy atom. The first-order chi connectivity index (χ1) is 12.9. The molecule has 1 saturated heterocycles. The van der Waals surface area contributed by atoms with Crippen molar-refractivity contribution in [2.45, 2.75) is 57.6 Å². The number of nitrogens with one attached hydrogen (secondary N) is 1. The highest BCUT2D eigenvalue weighted by atomic mass is 19.1. The van der Waals surface area contributed by atoms with Crippen molar-refractivity contribution < 1.29 is 13.9 Å². The van der Waals surface area contributed by atoms with Gasteiger partial charge in [-0.3, -0.25) is 0 Å². The fraction of sp³-hybridized carbons (Fsp3) is 0.565. The minimum absolute atomic E-state index is 0.0894. The molecule has 0 radical (unpaired) electrons. The maximum absolute atomic E-state index is 14.4. The predicted octanol–water partition coefficient (Wildman–Crippen LogP) is 5.65. The molecule has 1 N–H and O–H groups in total. The molecule has 2 heterocycles. The zero-order valence-corrected chi connectivity index (χ0v) is 16.7. The number of halogens is 1. The van der Waals surface area contributed by atoms with Crippen LogP contribution in [0.3, 0.4) is 0 Å². The van der Waals surface area contributed by atoms with E-state index in [1.54, 1.807) is 6.08 Å². The molecule has 0 bridgehead atoms. The molecule has 1 fully saturated rings. The van der Waals surface area contributed by atoms with Crippen molar-refractivity contribution in [3.63, 3.8) is 0 Å². The Hall–Kier alpha value is -1.81. The summed E-state index contributed by atoms with van der Waals surface area (Å²) in [5.41, 5.74) is 3.82. The van der Waals surface area contributed by atoms with Crippen molar-refractivity contribution in [2.24, 2.45) is 11.8 Å². The molecule has 1 aliphatic carbocycles. The molecule has 0 spiro atoms. The Labute approximate surface area is 161 Å². The van der Waals surface area contributed by atoms with Crippen molar-refractivity contribution in [2.75, 3.05) is 19.0 Å². The summed E-state index contributed by atoms with van der Waals surface area (Å²) < 4.78 is 25.8. The summed E-state index contributed by atoms with van der Waals surface area (Å²) in [4.78, 5) is 0. The molecule has 0 aromatic heterocycles. The van der Waals surface area contributed by atoms with Gasteiger partial charge in [0.1, 0.15) is 5.76 Å². The number of rotatable bonds is 2. The lowest BCUT2D eigenvalue weighted by molar-refractivity contribution is -0.0420. The molecule has 1 aromatic rings. The molecule has 0 amide bonds. The molecule has 4 heteroatoms. The lowest BCUT2D eigenvalue weighted by atomic mass is 9.72. The number of anilines is 1. The van der Waals surface area contributed by atoms with Crippen LogP contribution in [0.2, 0.25) is 0 Å². The number of ether oxygens (including phenoxy) is 2. The van der Waals surface area contributed by atoms with Crippen molar-refractivity contribution in [3.05, 3.63) is 53.1 Å². The van der Waals surface area contributed by atoms with Crippen molar-refractivity contribution in [1.29, 1.82) is 0 Å². The summed E-state index contributed by atoms with van der Waals surface area (Å²) in [5.74, 6) is 0.563. The molecule has 0 saturated carbocycles. The predicted molar refractivity (Wildman–Crippen MR) is 106 cm³/mol. The zero-order valence-electron chi connectivity index (χ0n) is 16.7. The van der Waals surface area contributed by atoms with E-state index in [2.05, 4.69) is 44.3 Å². The number of fused-ring (bicyclic) bond motifs is 3. The van der Waals surface area contributed by atoms with Crippen LogP contribution >= 0.6 is 0 Å². The maximum atomic E-state index is 14.4. The second kappa shape index (κ2) is 6.97. The van der Waals surface area contributed by atoms with Crippen LogP contribution in [0.5, 0.6) is 0 Å². The van der Waals surface area contributed by atoms with Crippen LogP contribution in [0.1, 0.15) is 57.3 Å². The van der Waals surface area contributed by atoms with Gasteiger partial charge in [0.25, 0.3) is 0 Å². The van der Waals surface area contributed by atoms with Gasteiger partial charge in [0.15, 0.2) is 5.83 Å². The fourth-order valence-electron chi connectivity index (χ4n) is 4.71. The number of methoxy groups -OCH3 is 1. The molecule has 4 atom stereocenters. The molecule has 3 aliphatic rings. The van der Waals surface area contributed by atoms with E-state index in [-0.39, 0.29) is 29.3 Å². The van der Waals surface area contributed by atoms with Gasteiger partial charge in [-0.25, -0.2) is 4.39 Å². The first-order valence-electron chi connectivity index (χ1n) is 10.0. The normalized spacial score (nSPS) is 30.4. The van der Waals surface area contributed by atoms with Crippen LogP contribution in [0.15, 0.2) is 41.9 Å². The third-order valence-corrected chi connectivity index (χ3v) is 6.23. The van der Waals surface area contributed by atoms with Gasteiger partial charge < -0.3 is 14.8 Å². The van der Waals surface area contributed by atoms with Crippen molar-refractivity contribution >= 4 is 5.69 Å². The molecule has 1 aromatic carbocycles. The van der Waals surface area contributed by atoms with Gasteiger partial charge in [0.2, 0.25) is 0 Å². The molecule has 3 nitrogen and oxygen atoms in total. The second-order valence-electron chi connectivity index (χ2n) is 9.01. The minimum Gasteiger partial charge on any atom is -0.494 e. The molecule has 1 unspecified atom stereocenters. The Kier molecular flexibility index (Phi) is 4.79. The summed E-state index contributed by atoms with van der Waals surface area (Å²) in [5, 5.41) is 3.74.